The SMILES string of the molecule is COc1ccc(S(=O)(=O)[C@@H](CNC(=O)C23CC4CC(CC(C4)C2)C3)c2cccs2)cc1. The van der Waals surface area contributed by atoms with Gasteiger partial charge in [0, 0.05) is 16.8 Å². The van der Waals surface area contributed by atoms with E-state index in [0.717, 1.165) is 24.1 Å². The Kier molecular flexibility index (Phi) is 5.37. The first-order chi connectivity index (χ1) is 14.9. The highest BCUT2D eigenvalue weighted by molar-refractivity contribution is 7.91. The van der Waals surface area contributed by atoms with Crippen LogP contribution >= 0.6 is 11.3 Å². The van der Waals surface area contributed by atoms with Crippen molar-refractivity contribution in [3.8, 4) is 5.75 Å². The number of rotatable bonds is 7. The highest BCUT2D eigenvalue weighted by Crippen LogP contribution is 2.60. The van der Waals surface area contributed by atoms with Crippen LogP contribution in [0, 0.1) is 23.2 Å². The Balaban J connectivity index is 1.37. The number of thiophene rings is 1. The molecule has 2 aromatic rings. The lowest BCUT2D eigenvalue weighted by molar-refractivity contribution is -0.146. The molecule has 0 unspecified atom stereocenters. The minimum absolute atomic E-state index is 0.0677. The molecule has 1 heterocycles. The molecule has 1 aromatic carbocycles. The van der Waals surface area contributed by atoms with Gasteiger partial charge in [-0.2, -0.15) is 0 Å². The van der Waals surface area contributed by atoms with Gasteiger partial charge in [0.1, 0.15) is 11.0 Å². The first kappa shape index (κ1) is 21.0. The van der Waals surface area contributed by atoms with Crippen molar-refractivity contribution in [1.29, 1.82) is 0 Å². The minimum Gasteiger partial charge on any atom is -0.497 e. The predicted octanol–water partition coefficient (Wildman–Crippen LogP) is 4.60. The van der Waals surface area contributed by atoms with E-state index in [1.165, 1.54) is 30.6 Å². The first-order valence-electron chi connectivity index (χ1n) is 11.1. The number of amides is 1. The number of ether oxygens (including phenoxy) is 1. The molecule has 1 atom stereocenters. The van der Waals surface area contributed by atoms with Crippen LogP contribution in [0.3, 0.4) is 0 Å². The van der Waals surface area contributed by atoms with Gasteiger partial charge < -0.3 is 10.1 Å². The fourth-order valence-corrected chi connectivity index (χ4v) is 9.31. The Hall–Kier alpha value is -1.86. The molecule has 4 saturated carbocycles. The molecule has 0 spiro atoms. The quantitative estimate of drug-likeness (QED) is 0.657. The summed E-state index contributed by atoms with van der Waals surface area (Å²) in [5.41, 5.74) is -0.279. The second-order valence-electron chi connectivity index (χ2n) is 9.63. The van der Waals surface area contributed by atoms with E-state index in [-0.39, 0.29) is 22.8 Å². The predicted molar refractivity (Wildman–Crippen MR) is 121 cm³/mol. The highest BCUT2D eigenvalue weighted by atomic mass is 32.2. The molecule has 0 saturated heterocycles. The first-order valence-corrected chi connectivity index (χ1v) is 13.5. The maximum Gasteiger partial charge on any atom is 0.226 e. The van der Waals surface area contributed by atoms with E-state index in [1.54, 1.807) is 31.4 Å². The minimum atomic E-state index is -3.66. The van der Waals surface area contributed by atoms with Gasteiger partial charge in [0.05, 0.1) is 12.0 Å². The fraction of sp³-hybridized carbons (Fsp3) is 0.542. The molecule has 7 heteroatoms. The molecule has 31 heavy (non-hydrogen) atoms. The normalized spacial score (nSPS) is 30.2. The summed E-state index contributed by atoms with van der Waals surface area (Å²) in [5, 5.41) is 4.18. The molecule has 4 aliphatic carbocycles. The lowest BCUT2D eigenvalue weighted by atomic mass is 9.49. The molecule has 1 N–H and O–H groups in total. The van der Waals surface area contributed by atoms with Gasteiger partial charge in [-0.3, -0.25) is 4.79 Å². The molecule has 0 radical (unpaired) electrons. The van der Waals surface area contributed by atoms with Crippen LogP contribution in [0.5, 0.6) is 5.75 Å². The number of hydrogen-bond acceptors (Lipinski definition) is 5. The van der Waals surface area contributed by atoms with Crippen LogP contribution in [0.25, 0.3) is 0 Å². The van der Waals surface area contributed by atoms with Crippen molar-refractivity contribution in [2.45, 2.75) is 48.7 Å². The van der Waals surface area contributed by atoms with E-state index >= 15 is 0 Å². The van der Waals surface area contributed by atoms with Gasteiger partial charge in [-0.15, -0.1) is 11.3 Å². The smallest absolute Gasteiger partial charge is 0.226 e. The van der Waals surface area contributed by atoms with Gasteiger partial charge in [-0.25, -0.2) is 8.42 Å². The van der Waals surface area contributed by atoms with Crippen molar-refractivity contribution in [3.05, 3.63) is 46.7 Å². The Morgan fingerprint density at radius 1 is 1.10 bits per heavy atom. The van der Waals surface area contributed by atoms with Crippen molar-refractivity contribution in [1.82, 2.24) is 5.32 Å². The van der Waals surface area contributed by atoms with Crippen LogP contribution in [0.15, 0.2) is 46.7 Å². The summed E-state index contributed by atoms with van der Waals surface area (Å²) in [7, 11) is -2.11. The summed E-state index contributed by atoms with van der Waals surface area (Å²) in [6.45, 7) is 0.107. The highest BCUT2D eigenvalue weighted by Gasteiger charge is 2.54. The Labute approximate surface area is 188 Å². The van der Waals surface area contributed by atoms with E-state index in [2.05, 4.69) is 5.32 Å². The molecular weight excluding hydrogens is 430 g/mol. The van der Waals surface area contributed by atoms with Gasteiger partial charge >= 0.3 is 0 Å². The second kappa shape index (κ2) is 7.93. The van der Waals surface area contributed by atoms with Crippen LogP contribution < -0.4 is 10.1 Å². The number of hydrogen-bond donors (Lipinski definition) is 1. The van der Waals surface area contributed by atoms with Crippen molar-refractivity contribution in [2.24, 2.45) is 23.2 Å². The molecule has 4 aliphatic rings. The monoisotopic (exact) mass is 459 g/mol. The third-order valence-corrected chi connectivity index (χ3v) is 10.8. The van der Waals surface area contributed by atoms with Crippen molar-refractivity contribution in [3.63, 3.8) is 0 Å². The zero-order valence-corrected chi connectivity index (χ0v) is 19.4. The van der Waals surface area contributed by atoms with Crippen molar-refractivity contribution in [2.75, 3.05) is 13.7 Å². The molecule has 4 fully saturated rings. The summed E-state index contributed by atoms with van der Waals surface area (Å²) in [6.07, 6.45) is 6.74. The van der Waals surface area contributed by atoms with E-state index in [9.17, 15) is 13.2 Å². The molecule has 1 aromatic heterocycles. The molecule has 4 bridgehead atoms. The van der Waals surface area contributed by atoms with Crippen molar-refractivity contribution < 1.29 is 17.9 Å². The number of carbonyl (C=O) groups excluding carboxylic acids is 1. The Bertz CT molecular complexity index is 1010. The number of carbonyl (C=O) groups is 1. The van der Waals surface area contributed by atoms with E-state index in [0.29, 0.717) is 23.5 Å². The second-order valence-corrected chi connectivity index (χ2v) is 12.7. The zero-order chi connectivity index (χ0) is 21.6. The molecule has 166 valence electrons. The lowest BCUT2D eigenvalue weighted by Crippen LogP contribution is -2.54. The van der Waals surface area contributed by atoms with Gasteiger partial charge in [0.15, 0.2) is 9.84 Å². The summed E-state index contributed by atoms with van der Waals surface area (Å²) in [4.78, 5) is 14.4. The maximum atomic E-state index is 13.5. The Morgan fingerprint density at radius 3 is 2.23 bits per heavy atom. The number of benzene rings is 1. The van der Waals surface area contributed by atoms with Gasteiger partial charge in [-0.1, -0.05) is 6.07 Å². The maximum absolute atomic E-state index is 13.5. The average Bonchev–Trinajstić information content (AvgIpc) is 3.27. The van der Waals surface area contributed by atoms with Crippen molar-refractivity contribution >= 4 is 27.1 Å². The fourth-order valence-electron chi connectivity index (χ4n) is 6.53. The third kappa shape index (κ3) is 3.80. The van der Waals surface area contributed by atoms with Crippen LogP contribution in [0.2, 0.25) is 0 Å². The summed E-state index contributed by atoms with van der Waals surface area (Å²) in [5.74, 6) is 2.70. The topological polar surface area (TPSA) is 72.5 Å². The molecule has 6 rings (SSSR count). The van der Waals surface area contributed by atoms with Gasteiger partial charge in [-0.05, 0) is 92.0 Å². The molecule has 1 amide bonds. The van der Waals surface area contributed by atoms with E-state index < -0.39 is 15.1 Å². The van der Waals surface area contributed by atoms with Crippen LogP contribution in [0.4, 0.5) is 0 Å². The summed E-state index contributed by atoms with van der Waals surface area (Å²) in [6, 6.07) is 10.2. The van der Waals surface area contributed by atoms with Gasteiger partial charge in [0.2, 0.25) is 5.91 Å². The molecule has 5 nitrogen and oxygen atoms in total. The van der Waals surface area contributed by atoms with E-state index in [4.69, 9.17) is 4.74 Å². The number of sulfone groups is 1. The summed E-state index contributed by atoms with van der Waals surface area (Å²) >= 11 is 1.42. The van der Waals surface area contributed by atoms with E-state index in [1.807, 2.05) is 17.5 Å². The standard InChI is InChI=1S/C24H29NO4S2/c1-29-19-4-6-20(7-5-19)31(27,28)22(21-3-2-8-30-21)15-25-23(26)24-12-16-9-17(13-24)11-18(10-16)14-24/h2-8,16-18,22H,9-15H2,1H3,(H,25,26)/t16?,17?,18?,22-,24?/m0/s1. The van der Waals surface area contributed by atoms with Gasteiger partial charge in [0.25, 0.3) is 0 Å². The number of nitrogens with one attached hydrogen (secondary N) is 1. The van der Waals surface area contributed by atoms with Crippen LogP contribution in [-0.2, 0) is 14.6 Å². The Morgan fingerprint density at radius 2 is 1.71 bits per heavy atom. The largest absolute Gasteiger partial charge is 0.497 e. The zero-order valence-electron chi connectivity index (χ0n) is 17.8. The van der Waals surface area contributed by atoms with Crippen LogP contribution in [-0.4, -0.2) is 28.0 Å². The third-order valence-electron chi connectivity index (χ3n) is 7.59. The molecular formula is C24H29NO4S2. The molecule has 0 aliphatic heterocycles. The average molecular weight is 460 g/mol. The number of methoxy groups -OCH3 is 1. The van der Waals surface area contributed by atoms with Crippen LogP contribution in [0.1, 0.15) is 48.7 Å². The summed E-state index contributed by atoms with van der Waals surface area (Å²) < 4.78 is 32.2. The lowest BCUT2D eigenvalue weighted by Gasteiger charge is -2.55.